The molecule has 3 rings (SSSR count). The van der Waals surface area contributed by atoms with Crippen molar-refractivity contribution in [2.75, 3.05) is 13.2 Å². The number of halogens is 3. The van der Waals surface area contributed by atoms with Crippen LogP contribution in [-0.4, -0.2) is 42.3 Å². The van der Waals surface area contributed by atoms with E-state index in [-0.39, 0.29) is 19.6 Å². The van der Waals surface area contributed by atoms with E-state index in [2.05, 4.69) is 10.1 Å². The number of alkyl carbamates (subject to hydrolysis) is 1. The monoisotopic (exact) mass is 497 g/mol. The number of hydrogen-bond acceptors (Lipinski definition) is 6. The van der Waals surface area contributed by atoms with Gasteiger partial charge in [0.05, 0.1) is 6.61 Å². The van der Waals surface area contributed by atoms with E-state index in [0.717, 1.165) is 12.1 Å². The molecule has 1 atom stereocenters. The van der Waals surface area contributed by atoms with Gasteiger partial charge in [-0.05, 0) is 49.1 Å². The van der Waals surface area contributed by atoms with Crippen LogP contribution >= 0.6 is 0 Å². The summed E-state index contributed by atoms with van der Waals surface area (Å²) >= 11 is 0. The normalized spacial score (nSPS) is 17.6. The Morgan fingerprint density at radius 3 is 2.63 bits per heavy atom. The lowest BCUT2D eigenvalue weighted by atomic mass is 9.91. The average Bonchev–Trinajstić information content (AvgIpc) is 3.27. The third-order valence-electron chi connectivity index (χ3n) is 5.33. The molecule has 2 N–H and O–H groups in total. The molecule has 0 bridgehead atoms. The van der Waals surface area contributed by atoms with Crippen LogP contribution in [0, 0.1) is 0 Å². The Morgan fingerprint density at radius 2 is 1.97 bits per heavy atom. The van der Waals surface area contributed by atoms with E-state index in [9.17, 15) is 27.9 Å². The predicted molar refractivity (Wildman–Crippen MR) is 117 cm³/mol. The zero-order valence-corrected chi connectivity index (χ0v) is 19.0. The summed E-state index contributed by atoms with van der Waals surface area (Å²) in [6, 6.07) is 10.3. The average molecular weight is 497 g/mol. The summed E-state index contributed by atoms with van der Waals surface area (Å²) in [6.45, 7) is 2.34. The smallest absolute Gasteiger partial charge is 0.494 e. The molecule has 0 aliphatic carbocycles. The molecule has 35 heavy (non-hydrogen) atoms. The minimum atomic E-state index is -4.82. The number of rotatable bonds is 10. The summed E-state index contributed by atoms with van der Waals surface area (Å²) in [4.78, 5) is 24.0. The van der Waals surface area contributed by atoms with Crippen molar-refractivity contribution in [3.63, 3.8) is 0 Å². The van der Waals surface area contributed by atoms with Crippen LogP contribution in [0.15, 0.2) is 42.5 Å². The fourth-order valence-corrected chi connectivity index (χ4v) is 3.79. The number of carbonyl (C=O) groups is 2. The van der Waals surface area contributed by atoms with Crippen LogP contribution in [-0.2, 0) is 33.8 Å². The number of alkyl halides is 3. The largest absolute Gasteiger partial charge is 0.573 e. The minimum Gasteiger partial charge on any atom is -0.494 e. The van der Waals surface area contributed by atoms with Crippen molar-refractivity contribution in [1.29, 1.82) is 0 Å². The molecule has 2 aromatic rings. The molecule has 1 fully saturated rings. The number of carboxylic acid groups (broad SMARTS) is 1. The molecule has 1 aliphatic rings. The van der Waals surface area contributed by atoms with Gasteiger partial charge in [-0.25, -0.2) is 9.59 Å². The van der Waals surface area contributed by atoms with Crippen molar-refractivity contribution in [3.05, 3.63) is 59.2 Å². The molecule has 190 valence electrons. The number of ether oxygens (including phenoxy) is 4. The number of nitrogens with one attached hydrogen (secondary N) is 1. The zero-order valence-electron chi connectivity index (χ0n) is 19.0. The van der Waals surface area contributed by atoms with Crippen molar-refractivity contribution in [1.82, 2.24) is 5.32 Å². The Morgan fingerprint density at radius 1 is 1.17 bits per heavy atom. The first kappa shape index (κ1) is 26.1. The number of carboxylic acids is 1. The summed E-state index contributed by atoms with van der Waals surface area (Å²) in [6.07, 6.45) is -4.37. The standard InChI is InChI=1S/C24H26F3NO7/c1-2-32-20-8-7-16(13-23(21(29)30)9-4-10-34-23)11-18(20)14-28-22(31)33-15-17-5-3-6-19(12-17)35-24(25,26)27/h3,5-8,11-12H,2,4,9-10,13-15H2,1H3,(H,28,31)(H,29,30). The second kappa shape index (κ2) is 11.3. The fraction of sp³-hybridized carbons (Fsp3) is 0.417. The maximum Gasteiger partial charge on any atom is 0.573 e. The Hall–Kier alpha value is -3.47. The number of benzene rings is 2. The van der Waals surface area contributed by atoms with Crippen molar-refractivity contribution in [3.8, 4) is 11.5 Å². The third-order valence-corrected chi connectivity index (χ3v) is 5.33. The summed E-state index contributed by atoms with van der Waals surface area (Å²) in [5, 5.41) is 12.2. The Balaban J connectivity index is 1.61. The first-order chi connectivity index (χ1) is 16.6. The second-order valence-corrected chi connectivity index (χ2v) is 7.93. The number of aliphatic carboxylic acids is 1. The lowest BCUT2D eigenvalue weighted by Gasteiger charge is -2.24. The first-order valence-electron chi connectivity index (χ1n) is 11.0. The number of carbonyl (C=O) groups excluding carboxylic acids is 1. The zero-order chi connectivity index (χ0) is 25.5. The molecule has 1 heterocycles. The lowest BCUT2D eigenvalue weighted by molar-refractivity contribution is -0.274. The highest BCUT2D eigenvalue weighted by Crippen LogP contribution is 2.31. The number of amides is 1. The van der Waals surface area contributed by atoms with Crippen LogP contribution < -0.4 is 14.8 Å². The van der Waals surface area contributed by atoms with E-state index in [1.165, 1.54) is 12.1 Å². The second-order valence-electron chi connectivity index (χ2n) is 7.93. The van der Waals surface area contributed by atoms with Crippen LogP contribution in [0.5, 0.6) is 11.5 Å². The first-order valence-corrected chi connectivity index (χ1v) is 11.0. The topological polar surface area (TPSA) is 103 Å². The van der Waals surface area contributed by atoms with E-state index in [1.807, 2.05) is 6.92 Å². The maximum absolute atomic E-state index is 12.4. The Kier molecular flexibility index (Phi) is 8.44. The van der Waals surface area contributed by atoms with Crippen molar-refractivity contribution in [2.24, 2.45) is 0 Å². The molecule has 0 aromatic heterocycles. The minimum absolute atomic E-state index is 0.0279. The van der Waals surface area contributed by atoms with E-state index in [4.69, 9.17) is 14.2 Å². The van der Waals surface area contributed by atoms with Gasteiger partial charge in [0.1, 0.15) is 18.1 Å². The highest BCUT2D eigenvalue weighted by atomic mass is 19.4. The van der Waals surface area contributed by atoms with Gasteiger partial charge >= 0.3 is 18.4 Å². The van der Waals surface area contributed by atoms with E-state index < -0.39 is 29.8 Å². The molecule has 8 nitrogen and oxygen atoms in total. The van der Waals surface area contributed by atoms with Crippen molar-refractivity contribution < 1.29 is 46.8 Å². The number of hydrogen-bond donors (Lipinski definition) is 2. The van der Waals surface area contributed by atoms with Gasteiger partial charge in [0.25, 0.3) is 0 Å². The van der Waals surface area contributed by atoms with Crippen LogP contribution in [0.3, 0.4) is 0 Å². The van der Waals surface area contributed by atoms with Gasteiger partial charge in [0.2, 0.25) is 0 Å². The van der Waals surface area contributed by atoms with E-state index in [0.29, 0.717) is 48.5 Å². The van der Waals surface area contributed by atoms with Gasteiger partial charge < -0.3 is 29.4 Å². The fourth-order valence-electron chi connectivity index (χ4n) is 3.79. The van der Waals surface area contributed by atoms with Gasteiger partial charge in [-0.2, -0.15) is 0 Å². The molecule has 2 aromatic carbocycles. The molecule has 11 heteroatoms. The molecule has 0 spiro atoms. The summed E-state index contributed by atoms with van der Waals surface area (Å²) < 4.78 is 57.2. The van der Waals surface area contributed by atoms with Gasteiger partial charge in [-0.3, -0.25) is 0 Å². The molecular weight excluding hydrogens is 471 g/mol. The maximum atomic E-state index is 12.4. The highest BCUT2D eigenvalue weighted by molar-refractivity contribution is 5.78. The Bertz CT molecular complexity index is 1040. The predicted octanol–water partition coefficient (Wildman–Crippen LogP) is 4.59. The highest BCUT2D eigenvalue weighted by Gasteiger charge is 2.43. The van der Waals surface area contributed by atoms with Crippen LogP contribution in [0.2, 0.25) is 0 Å². The van der Waals surface area contributed by atoms with Gasteiger partial charge in [0, 0.05) is 25.1 Å². The van der Waals surface area contributed by atoms with E-state index in [1.54, 1.807) is 18.2 Å². The van der Waals surface area contributed by atoms with Gasteiger partial charge in [-0.15, -0.1) is 13.2 Å². The molecule has 0 saturated carbocycles. The van der Waals surface area contributed by atoms with Crippen molar-refractivity contribution in [2.45, 2.75) is 51.3 Å². The Labute approximate surface area is 199 Å². The summed E-state index contributed by atoms with van der Waals surface area (Å²) in [5.41, 5.74) is 0.362. The molecule has 1 unspecified atom stereocenters. The molecule has 1 amide bonds. The summed E-state index contributed by atoms with van der Waals surface area (Å²) in [5.74, 6) is -0.912. The quantitative estimate of drug-likeness (QED) is 0.495. The van der Waals surface area contributed by atoms with Crippen LogP contribution in [0.4, 0.5) is 18.0 Å². The van der Waals surface area contributed by atoms with Gasteiger partial charge in [-0.1, -0.05) is 24.3 Å². The summed E-state index contributed by atoms with van der Waals surface area (Å²) in [7, 11) is 0. The molecular formula is C24H26F3NO7. The van der Waals surface area contributed by atoms with Crippen molar-refractivity contribution >= 4 is 12.1 Å². The molecule has 0 radical (unpaired) electrons. The SMILES string of the molecule is CCOc1ccc(CC2(C(=O)O)CCCO2)cc1CNC(=O)OCc1cccc(OC(F)(F)F)c1. The van der Waals surface area contributed by atoms with Crippen LogP contribution in [0.1, 0.15) is 36.5 Å². The molecule has 1 aliphatic heterocycles. The third kappa shape index (κ3) is 7.51. The lowest BCUT2D eigenvalue weighted by Crippen LogP contribution is -2.40. The van der Waals surface area contributed by atoms with Gasteiger partial charge in [0.15, 0.2) is 5.60 Å². The van der Waals surface area contributed by atoms with E-state index >= 15 is 0 Å². The molecule has 1 saturated heterocycles. The van der Waals surface area contributed by atoms with Crippen LogP contribution in [0.25, 0.3) is 0 Å².